The lowest BCUT2D eigenvalue weighted by Crippen LogP contribution is -2.44. The second-order valence-corrected chi connectivity index (χ2v) is 9.68. The lowest BCUT2D eigenvalue weighted by Gasteiger charge is -2.35. The summed E-state index contributed by atoms with van der Waals surface area (Å²) >= 11 is 0. The van der Waals surface area contributed by atoms with Gasteiger partial charge in [-0.15, -0.1) is 0 Å². The number of rotatable bonds is 4. The minimum Gasteiger partial charge on any atom is -0.416 e. The van der Waals surface area contributed by atoms with Crippen molar-refractivity contribution in [2.75, 3.05) is 6.61 Å². The predicted octanol–water partition coefficient (Wildman–Crippen LogP) is 4.81. The van der Waals surface area contributed by atoms with E-state index in [1.807, 2.05) is 0 Å². The Kier molecular flexibility index (Phi) is 4.09. The molecule has 2 aromatic carbocycles. The molecule has 0 N–H and O–H groups in total. The van der Waals surface area contributed by atoms with Gasteiger partial charge in [-0.3, -0.25) is 0 Å². The van der Waals surface area contributed by atoms with Crippen molar-refractivity contribution in [1.82, 2.24) is 0 Å². The smallest absolute Gasteiger partial charge is 0.211 e. The maximum Gasteiger partial charge on any atom is 0.211 e. The molecule has 1 heterocycles. The van der Waals surface area contributed by atoms with Crippen LogP contribution in [0.15, 0.2) is 72.8 Å². The van der Waals surface area contributed by atoms with Crippen LogP contribution in [-0.2, 0) is 4.43 Å². The number of hydrogen-bond acceptors (Lipinski definition) is 1. The van der Waals surface area contributed by atoms with Gasteiger partial charge in [-0.1, -0.05) is 72.8 Å². The van der Waals surface area contributed by atoms with Crippen molar-refractivity contribution in [3.8, 4) is 0 Å². The lowest BCUT2D eigenvalue weighted by molar-refractivity contribution is 0.317. The quantitative estimate of drug-likeness (QED) is 0.580. The van der Waals surface area contributed by atoms with Gasteiger partial charge in [0.2, 0.25) is 8.32 Å². The Morgan fingerprint density at radius 1 is 0.810 bits per heavy atom. The summed E-state index contributed by atoms with van der Waals surface area (Å²) in [6.07, 6.45) is 4.74. The molecule has 3 rings (SSSR count). The average molecular weight is 294 g/mol. The van der Waals surface area contributed by atoms with Crippen molar-refractivity contribution in [2.24, 2.45) is 0 Å². The van der Waals surface area contributed by atoms with E-state index in [1.165, 1.54) is 11.1 Å². The second kappa shape index (κ2) is 6.00. The third kappa shape index (κ3) is 2.61. The summed E-state index contributed by atoms with van der Waals surface area (Å²) in [5.74, 6) is 0. The van der Waals surface area contributed by atoms with E-state index in [0.29, 0.717) is 11.1 Å². The maximum atomic E-state index is 6.40. The minimum atomic E-state index is -1.94. The zero-order valence-corrected chi connectivity index (χ0v) is 13.7. The van der Waals surface area contributed by atoms with E-state index in [4.69, 9.17) is 4.43 Å². The van der Waals surface area contributed by atoms with Gasteiger partial charge in [0.15, 0.2) is 0 Å². The van der Waals surface area contributed by atoms with Crippen LogP contribution in [-0.4, -0.2) is 14.9 Å². The summed E-state index contributed by atoms with van der Waals surface area (Å²) in [7, 11) is -1.94. The molecule has 108 valence electrons. The first-order chi connectivity index (χ1) is 10.3. The molecule has 0 saturated heterocycles. The first-order valence-corrected chi connectivity index (χ1v) is 10.2. The summed E-state index contributed by atoms with van der Waals surface area (Å²) in [6, 6.07) is 21.6. The van der Waals surface area contributed by atoms with Crippen LogP contribution in [0.2, 0.25) is 6.55 Å². The molecular formula is C19H22OSi. The van der Waals surface area contributed by atoms with Gasteiger partial charge in [0.25, 0.3) is 0 Å². The van der Waals surface area contributed by atoms with Crippen molar-refractivity contribution in [3.05, 3.63) is 83.9 Å². The molecule has 0 fully saturated rings. The predicted molar refractivity (Wildman–Crippen MR) is 90.8 cm³/mol. The molecule has 2 atom stereocenters. The van der Waals surface area contributed by atoms with Crippen LogP contribution in [0.25, 0.3) is 0 Å². The molecule has 0 amide bonds. The highest BCUT2D eigenvalue weighted by molar-refractivity contribution is 6.77. The Bertz CT molecular complexity index is 556. The first-order valence-electron chi connectivity index (χ1n) is 7.68. The van der Waals surface area contributed by atoms with Gasteiger partial charge in [0.1, 0.15) is 0 Å². The van der Waals surface area contributed by atoms with Gasteiger partial charge in [-0.05, 0) is 24.6 Å². The normalized spacial score (nSPS) is 23.3. The molecule has 0 aromatic heterocycles. The third-order valence-corrected chi connectivity index (χ3v) is 8.94. The number of hydrogen-bond donors (Lipinski definition) is 0. The van der Waals surface area contributed by atoms with Crippen LogP contribution in [0, 0.1) is 0 Å². The van der Waals surface area contributed by atoms with Crippen molar-refractivity contribution in [2.45, 2.75) is 24.6 Å². The zero-order valence-electron chi connectivity index (χ0n) is 12.7. The monoisotopic (exact) mass is 294 g/mol. The Morgan fingerprint density at radius 2 is 1.24 bits per heavy atom. The van der Waals surface area contributed by atoms with Crippen LogP contribution in [0.4, 0.5) is 0 Å². The van der Waals surface area contributed by atoms with Gasteiger partial charge in [0, 0.05) is 17.7 Å². The van der Waals surface area contributed by atoms with Gasteiger partial charge in [-0.2, -0.15) is 0 Å². The Hall–Kier alpha value is -1.64. The summed E-state index contributed by atoms with van der Waals surface area (Å²) in [6.45, 7) is 5.28. The van der Waals surface area contributed by atoms with Gasteiger partial charge >= 0.3 is 0 Å². The van der Waals surface area contributed by atoms with Crippen molar-refractivity contribution in [1.29, 1.82) is 0 Å². The highest BCUT2D eigenvalue weighted by Crippen LogP contribution is 2.45. The van der Waals surface area contributed by atoms with Crippen molar-refractivity contribution >= 4 is 8.32 Å². The molecule has 2 aromatic rings. The highest BCUT2D eigenvalue weighted by Gasteiger charge is 2.48. The van der Waals surface area contributed by atoms with Gasteiger partial charge in [-0.25, -0.2) is 0 Å². The molecule has 0 aliphatic carbocycles. The second-order valence-electron chi connectivity index (χ2n) is 5.78. The summed E-state index contributed by atoms with van der Waals surface area (Å²) in [4.78, 5) is 0. The Labute approximate surface area is 128 Å². The van der Waals surface area contributed by atoms with E-state index in [-0.39, 0.29) is 0 Å². The van der Waals surface area contributed by atoms with Crippen LogP contribution >= 0.6 is 0 Å². The highest BCUT2D eigenvalue weighted by atomic mass is 28.4. The Morgan fingerprint density at radius 3 is 1.62 bits per heavy atom. The fraction of sp³-hybridized carbons (Fsp3) is 0.263. The van der Waals surface area contributed by atoms with Crippen LogP contribution in [0.1, 0.15) is 29.1 Å². The van der Waals surface area contributed by atoms with Crippen molar-refractivity contribution < 1.29 is 4.43 Å². The SMILES string of the molecule is CCO[Si]1(C)[C@H](c2ccccc2)C=C[C@H]1c1ccccc1. The molecule has 1 nitrogen and oxygen atoms in total. The zero-order chi connectivity index (χ0) is 14.7. The first kappa shape index (κ1) is 14.3. The van der Waals surface area contributed by atoms with E-state index >= 15 is 0 Å². The maximum absolute atomic E-state index is 6.40. The topological polar surface area (TPSA) is 9.23 Å². The molecule has 0 radical (unpaired) electrons. The molecule has 1 aliphatic rings. The van der Waals surface area contributed by atoms with Gasteiger partial charge < -0.3 is 4.43 Å². The number of benzene rings is 2. The van der Waals surface area contributed by atoms with E-state index in [2.05, 4.69) is 86.3 Å². The summed E-state index contributed by atoms with van der Waals surface area (Å²) < 4.78 is 6.40. The minimum absolute atomic E-state index is 0.434. The largest absolute Gasteiger partial charge is 0.416 e. The molecule has 1 aliphatic heterocycles. The molecule has 0 spiro atoms. The Balaban J connectivity index is 1.99. The third-order valence-electron chi connectivity index (χ3n) is 4.50. The molecule has 21 heavy (non-hydrogen) atoms. The fourth-order valence-electron chi connectivity index (χ4n) is 3.49. The summed E-state index contributed by atoms with van der Waals surface area (Å²) in [5, 5.41) is 0. The summed E-state index contributed by atoms with van der Waals surface area (Å²) in [5.41, 5.74) is 3.64. The lowest BCUT2D eigenvalue weighted by atomic mass is 10.1. The van der Waals surface area contributed by atoms with E-state index in [9.17, 15) is 0 Å². The molecule has 0 saturated carbocycles. The van der Waals surface area contributed by atoms with E-state index < -0.39 is 8.32 Å². The van der Waals surface area contributed by atoms with Crippen LogP contribution in [0.3, 0.4) is 0 Å². The number of allylic oxidation sites excluding steroid dienone is 2. The van der Waals surface area contributed by atoms with Crippen LogP contribution in [0.5, 0.6) is 0 Å². The molecule has 0 bridgehead atoms. The standard InChI is InChI=1S/C19H22OSi/c1-3-20-21(2)18(16-10-6-4-7-11-16)14-15-19(21)17-12-8-5-9-13-17/h4-15,18-19H,3H2,1-2H3/t18-,19-/m0/s1. The van der Waals surface area contributed by atoms with Crippen LogP contribution < -0.4 is 0 Å². The fourth-order valence-corrected chi connectivity index (χ4v) is 7.56. The average Bonchev–Trinajstić information content (AvgIpc) is 2.86. The molecule has 0 unspecified atom stereocenters. The molecular weight excluding hydrogens is 272 g/mol. The van der Waals surface area contributed by atoms with Gasteiger partial charge in [0.05, 0.1) is 0 Å². The van der Waals surface area contributed by atoms with E-state index in [1.54, 1.807) is 0 Å². The molecule has 2 heteroatoms. The van der Waals surface area contributed by atoms with E-state index in [0.717, 1.165) is 6.61 Å². The van der Waals surface area contributed by atoms with Crippen molar-refractivity contribution in [3.63, 3.8) is 0 Å².